The summed E-state index contributed by atoms with van der Waals surface area (Å²) in [5.41, 5.74) is 8.26. The molecule has 5 heteroatoms. The Hall–Kier alpha value is -2.01. The summed E-state index contributed by atoms with van der Waals surface area (Å²) < 4.78 is 5.18. The van der Waals surface area contributed by atoms with Crippen LogP contribution in [-0.4, -0.2) is 13.0 Å². The number of hydrogen-bond donors (Lipinski definition) is 2. The van der Waals surface area contributed by atoms with Crippen LogP contribution < -0.4 is 15.8 Å². The van der Waals surface area contributed by atoms with E-state index in [0.29, 0.717) is 17.1 Å². The van der Waals surface area contributed by atoms with Gasteiger partial charge in [-0.1, -0.05) is 0 Å². The summed E-state index contributed by atoms with van der Waals surface area (Å²) >= 11 is 1.74. The number of nitrogen functional groups attached to an aromatic ring is 1. The van der Waals surface area contributed by atoms with Crippen LogP contribution in [0.4, 0.5) is 11.4 Å². The van der Waals surface area contributed by atoms with E-state index in [-0.39, 0.29) is 11.8 Å². The van der Waals surface area contributed by atoms with Gasteiger partial charge in [0.05, 0.1) is 24.4 Å². The number of hydrogen-bond acceptors (Lipinski definition) is 4. The molecule has 0 saturated heterocycles. The SMILES string of the molecule is COc1ccc(N)c(NC(=O)C2CCCc3sccc32)c1. The third-order valence-corrected chi connectivity index (χ3v) is 4.88. The van der Waals surface area contributed by atoms with Gasteiger partial charge in [-0.2, -0.15) is 0 Å². The summed E-state index contributed by atoms with van der Waals surface area (Å²) in [6.45, 7) is 0. The molecule has 3 rings (SSSR count). The summed E-state index contributed by atoms with van der Waals surface area (Å²) in [6.07, 6.45) is 3.02. The molecule has 1 amide bonds. The van der Waals surface area contributed by atoms with Crippen LogP contribution in [0.15, 0.2) is 29.6 Å². The standard InChI is InChI=1S/C16H18N2O2S/c1-20-10-5-6-13(17)14(9-10)18-16(19)12-3-2-4-15-11(12)7-8-21-15/h5-9,12H,2-4,17H2,1H3,(H,18,19). The Morgan fingerprint density at radius 2 is 2.29 bits per heavy atom. The number of thiophene rings is 1. The zero-order chi connectivity index (χ0) is 14.8. The maximum Gasteiger partial charge on any atom is 0.232 e. The van der Waals surface area contributed by atoms with Gasteiger partial charge < -0.3 is 15.8 Å². The lowest BCUT2D eigenvalue weighted by Gasteiger charge is -2.22. The fourth-order valence-electron chi connectivity index (χ4n) is 2.75. The largest absolute Gasteiger partial charge is 0.497 e. The molecule has 1 unspecified atom stereocenters. The van der Waals surface area contributed by atoms with Crippen molar-refractivity contribution in [2.24, 2.45) is 0 Å². The van der Waals surface area contributed by atoms with E-state index < -0.39 is 0 Å². The summed E-state index contributed by atoms with van der Waals surface area (Å²) in [7, 11) is 1.59. The molecule has 1 aliphatic carbocycles. The molecule has 1 atom stereocenters. The fraction of sp³-hybridized carbons (Fsp3) is 0.312. The van der Waals surface area contributed by atoms with E-state index in [1.54, 1.807) is 36.6 Å². The minimum atomic E-state index is -0.0781. The first kappa shape index (κ1) is 13.9. The van der Waals surface area contributed by atoms with E-state index in [9.17, 15) is 4.79 Å². The zero-order valence-corrected chi connectivity index (χ0v) is 12.7. The molecule has 0 aliphatic heterocycles. The lowest BCUT2D eigenvalue weighted by Crippen LogP contribution is -2.24. The number of carbonyl (C=O) groups is 1. The Labute approximate surface area is 127 Å². The minimum Gasteiger partial charge on any atom is -0.497 e. The van der Waals surface area contributed by atoms with Gasteiger partial charge >= 0.3 is 0 Å². The van der Waals surface area contributed by atoms with E-state index in [0.717, 1.165) is 19.3 Å². The van der Waals surface area contributed by atoms with Crippen LogP contribution in [0.2, 0.25) is 0 Å². The highest BCUT2D eigenvalue weighted by atomic mass is 32.1. The number of anilines is 2. The van der Waals surface area contributed by atoms with Crippen molar-refractivity contribution in [3.63, 3.8) is 0 Å². The number of fused-ring (bicyclic) bond motifs is 1. The van der Waals surface area contributed by atoms with Crippen LogP contribution in [-0.2, 0) is 11.2 Å². The number of ether oxygens (including phenoxy) is 1. The number of benzene rings is 1. The molecule has 4 nitrogen and oxygen atoms in total. The number of aryl methyl sites for hydroxylation is 1. The van der Waals surface area contributed by atoms with Crippen LogP contribution in [0.25, 0.3) is 0 Å². The van der Waals surface area contributed by atoms with E-state index in [1.165, 1.54) is 10.4 Å². The average Bonchev–Trinajstić information content (AvgIpc) is 2.97. The van der Waals surface area contributed by atoms with Gasteiger partial charge in [-0.3, -0.25) is 4.79 Å². The van der Waals surface area contributed by atoms with Crippen LogP contribution in [0.1, 0.15) is 29.2 Å². The molecule has 1 aliphatic rings. The van der Waals surface area contributed by atoms with E-state index in [4.69, 9.17) is 10.5 Å². The molecule has 0 spiro atoms. The zero-order valence-electron chi connectivity index (χ0n) is 11.9. The van der Waals surface area contributed by atoms with E-state index in [2.05, 4.69) is 16.8 Å². The van der Waals surface area contributed by atoms with Gasteiger partial charge in [0, 0.05) is 10.9 Å². The van der Waals surface area contributed by atoms with Crippen molar-refractivity contribution < 1.29 is 9.53 Å². The van der Waals surface area contributed by atoms with Crippen molar-refractivity contribution in [3.05, 3.63) is 40.1 Å². The van der Waals surface area contributed by atoms with Crippen LogP contribution >= 0.6 is 11.3 Å². The molecular formula is C16H18N2O2S. The van der Waals surface area contributed by atoms with Gasteiger partial charge in [0.15, 0.2) is 0 Å². The number of methoxy groups -OCH3 is 1. The number of carbonyl (C=O) groups excluding carboxylic acids is 1. The van der Waals surface area contributed by atoms with Crippen molar-refractivity contribution in [3.8, 4) is 5.75 Å². The van der Waals surface area contributed by atoms with Crippen LogP contribution in [0, 0.1) is 0 Å². The highest BCUT2D eigenvalue weighted by molar-refractivity contribution is 7.10. The van der Waals surface area contributed by atoms with Gasteiger partial charge in [0.25, 0.3) is 0 Å². The molecule has 110 valence electrons. The molecule has 3 N–H and O–H groups in total. The van der Waals surface area contributed by atoms with Crippen molar-refractivity contribution in [2.45, 2.75) is 25.2 Å². The van der Waals surface area contributed by atoms with Crippen molar-refractivity contribution in [1.82, 2.24) is 0 Å². The summed E-state index contributed by atoms with van der Waals surface area (Å²) in [5.74, 6) is 0.610. The second-order valence-electron chi connectivity index (χ2n) is 5.19. The van der Waals surface area contributed by atoms with Gasteiger partial charge in [-0.15, -0.1) is 11.3 Å². The van der Waals surface area contributed by atoms with Gasteiger partial charge in [-0.25, -0.2) is 0 Å². The quantitative estimate of drug-likeness (QED) is 0.854. The van der Waals surface area contributed by atoms with Gasteiger partial charge in [-0.05, 0) is 48.4 Å². The minimum absolute atomic E-state index is 0.00861. The normalized spacial score (nSPS) is 17.1. The van der Waals surface area contributed by atoms with E-state index >= 15 is 0 Å². The predicted molar refractivity (Wildman–Crippen MR) is 86.0 cm³/mol. The number of amides is 1. The van der Waals surface area contributed by atoms with Gasteiger partial charge in [0.2, 0.25) is 5.91 Å². The third-order valence-electron chi connectivity index (χ3n) is 3.89. The molecule has 0 radical (unpaired) electrons. The van der Waals surface area contributed by atoms with Crippen LogP contribution in [0.5, 0.6) is 5.75 Å². The summed E-state index contributed by atoms with van der Waals surface area (Å²) in [4.78, 5) is 13.9. The van der Waals surface area contributed by atoms with Gasteiger partial charge in [0.1, 0.15) is 5.75 Å². The molecule has 0 fully saturated rings. The van der Waals surface area contributed by atoms with Crippen molar-refractivity contribution in [1.29, 1.82) is 0 Å². The second-order valence-corrected chi connectivity index (χ2v) is 6.19. The highest BCUT2D eigenvalue weighted by Gasteiger charge is 2.27. The monoisotopic (exact) mass is 302 g/mol. The molecule has 1 aromatic carbocycles. The third kappa shape index (κ3) is 2.74. The molecule has 1 heterocycles. The Balaban J connectivity index is 1.82. The maximum absolute atomic E-state index is 12.6. The molecule has 0 saturated carbocycles. The molecule has 0 bridgehead atoms. The first-order chi connectivity index (χ1) is 10.2. The molecule has 2 aromatic rings. The first-order valence-corrected chi connectivity index (χ1v) is 7.87. The topological polar surface area (TPSA) is 64.3 Å². The Morgan fingerprint density at radius 1 is 1.43 bits per heavy atom. The highest BCUT2D eigenvalue weighted by Crippen LogP contribution is 2.36. The Bertz CT molecular complexity index is 666. The molecule has 1 aromatic heterocycles. The lowest BCUT2D eigenvalue weighted by atomic mass is 9.87. The fourth-order valence-corrected chi connectivity index (χ4v) is 3.74. The van der Waals surface area contributed by atoms with Crippen LogP contribution in [0.3, 0.4) is 0 Å². The number of rotatable bonds is 3. The van der Waals surface area contributed by atoms with Crippen molar-refractivity contribution in [2.75, 3.05) is 18.2 Å². The summed E-state index contributed by atoms with van der Waals surface area (Å²) in [5, 5.41) is 5.01. The molecule has 21 heavy (non-hydrogen) atoms. The predicted octanol–water partition coefficient (Wildman–Crippen LogP) is 3.40. The first-order valence-electron chi connectivity index (χ1n) is 6.99. The Morgan fingerprint density at radius 3 is 3.10 bits per heavy atom. The second kappa shape index (κ2) is 5.77. The lowest BCUT2D eigenvalue weighted by molar-refractivity contribution is -0.117. The number of nitrogens with two attached hydrogens (primary N) is 1. The molecular weight excluding hydrogens is 284 g/mol. The maximum atomic E-state index is 12.6. The smallest absolute Gasteiger partial charge is 0.232 e. The Kier molecular flexibility index (Phi) is 3.84. The number of nitrogens with one attached hydrogen (secondary N) is 1. The average molecular weight is 302 g/mol. The van der Waals surface area contributed by atoms with E-state index in [1.807, 2.05) is 0 Å². The summed E-state index contributed by atoms with van der Waals surface area (Å²) in [6, 6.07) is 7.34. The van der Waals surface area contributed by atoms with Crippen molar-refractivity contribution >= 4 is 28.6 Å².